The molecular weight excluding hydrogens is 574 g/mol. The molecule has 0 saturated carbocycles. The molecule has 3 unspecified atom stereocenters. The van der Waals surface area contributed by atoms with Crippen LogP contribution in [0.3, 0.4) is 0 Å². The van der Waals surface area contributed by atoms with Gasteiger partial charge < -0.3 is 9.72 Å². The number of hydrogen-bond donors (Lipinski definition) is 1. The van der Waals surface area contributed by atoms with E-state index in [-0.39, 0.29) is 17.2 Å². The topological polar surface area (TPSA) is 123 Å². The summed E-state index contributed by atoms with van der Waals surface area (Å²) in [7, 11) is 0. The highest BCUT2D eigenvalue weighted by Crippen LogP contribution is 2.55. The summed E-state index contributed by atoms with van der Waals surface area (Å²) in [5.41, 5.74) is 2.53. The first-order chi connectivity index (χ1) is 19.2. The smallest absolute Gasteiger partial charge is 0.305 e. The minimum Gasteiger partial charge on any atom is -0.489 e. The van der Waals surface area contributed by atoms with Gasteiger partial charge in [0.25, 0.3) is 5.69 Å². The number of carbonyl (C=O) groups excluding carboxylic acids is 2. The zero-order valence-electron chi connectivity index (χ0n) is 20.8. The van der Waals surface area contributed by atoms with Crippen molar-refractivity contribution in [1.29, 1.82) is 0 Å². The Bertz CT molecular complexity index is 1720. The minimum atomic E-state index is -0.921. The van der Waals surface area contributed by atoms with Gasteiger partial charge in [-0.3, -0.25) is 24.5 Å². The van der Waals surface area contributed by atoms with Gasteiger partial charge in [0.05, 0.1) is 21.6 Å². The highest BCUT2D eigenvalue weighted by atomic mass is 35.5. The van der Waals surface area contributed by atoms with Crippen LogP contribution in [0.4, 0.5) is 11.4 Å². The molecule has 4 aromatic rings. The number of aromatic nitrogens is 1. The Hall–Kier alpha value is -3.93. The number of aryl methyl sites for hydroxylation is 1. The van der Waals surface area contributed by atoms with Gasteiger partial charge in [-0.2, -0.15) is 0 Å². The Morgan fingerprint density at radius 2 is 1.75 bits per heavy atom. The van der Waals surface area contributed by atoms with E-state index in [1.54, 1.807) is 24.3 Å². The fourth-order valence-corrected chi connectivity index (χ4v) is 7.70. The largest absolute Gasteiger partial charge is 0.489 e. The van der Waals surface area contributed by atoms with Gasteiger partial charge in [-0.1, -0.05) is 64.5 Å². The summed E-state index contributed by atoms with van der Waals surface area (Å²) in [4.78, 5) is 55.4. The number of nitro groups is 1. The molecule has 40 heavy (non-hydrogen) atoms. The van der Waals surface area contributed by atoms with Crippen LogP contribution in [-0.4, -0.2) is 27.0 Å². The van der Waals surface area contributed by atoms with E-state index in [4.69, 9.17) is 16.3 Å². The van der Waals surface area contributed by atoms with Gasteiger partial charge in [-0.25, -0.2) is 4.90 Å². The molecule has 6 rings (SSSR count). The second kappa shape index (κ2) is 10.2. The van der Waals surface area contributed by atoms with E-state index in [9.17, 15) is 24.5 Å². The van der Waals surface area contributed by atoms with Gasteiger partial charge >= 0.3 is 4.87 Å². The van der Waals surface area contributed by atoms with Gasteiger partial charge in [0.1, 0.15) is 17.6 Å². The van der Waals surface area contributed by atoms with E-state index in [0.717, 1.165) is 39.1 Å². The zero-order chi connectivity index (χ0) is 28.1. The predicted octanol–water partition coefficient (Wildman–Crippen LogP) is 5.68. The fraction of sp³-hybridized carbons (Fsp3) is 0.179. The first-order valence-electron chi connectivity index (χ1n) is 12.2. The number of nitro benzene ring substituents is 1. The molecule has 1 fully saturated rings. The molecule has 3 heterocycles. The number of anilines is 1. The van der Waals surface area contributed by atoms with E-state index >= 15 is 0 Å². The highest BCUT2D eigenvalue weighted by Gasteiger charge is 2.57. The highest BCUT2D eigenvalue weighted by molar-refractivity contribution is 8.00. The number of thioether (sulfide) groups is 1. The van der Waals surface area contributed by atoms with Gasteiger partial charge in [-0.15, -0.1) is 0 Å². The molecule has 3 atom stereocenters. The average Bonchev–Trinajstić information content (AvgIpc) is 3.43. The summed E-state index contributed by atoms with van der Waals surface area (Å²) in [6.07, 6.45) is 0. The first-order valence-corrected chi connectivity index (χ1v) is 14.3. The molecule has 0 bridgehead atoms. The van der Waals surface area contributed by atoms with Crippen LogP contribution < -0.4 is 14.5 Å². The van der Waals surface area contributed by atoms with Gasteiger partial charge in [0, 0.05) is 33.5 Å². The number of fused-ring (bicyclic) bond motifs is 2. The number of thiazole rings is 1. The normalized spacial score (nSPS) is 19.9. The quantitative estimate of drug-likeness (QED) is 0.173. The van der Waals surface area contributed by atoms with Crippen molar-refractivity contribution >= 4 is 57.9 Å². The summed E-state index contributed by atoms with van der Waals surface area (Å²) in [6.45, 7) is 2.16. The van der Waals surface area contributed by atoms with Crippen molar-refractivity contribution in [3.8, 4) is 5.75 Å². The van der Waals surface area contributed by atoms with Crippen molar-refractivity contribution in [1.82, 2.24) is 4.98 Å². The molecule has 0 radical (unpaired) electrons. The molecule has 2 amide bonds. The summed E-state index contributed by atoms with van der Waals surface area (Å²) in [5, 5.41) is 11.9. The van der Waals surface area contributed by atoms with E-state index in [1.807, 2.05) is 31.2 Å². The van der Waals surface area contributed by atoms with Crippen molar-refractivity contribution < 1.29 is 19.2 Å². The van der Waals surface area contributed by atoms with Crippen molar-refractivity contribution in [3.63, 3.8) is 0 Å². The number of hydrogen-bond acceptors (Lipinski definition) is 8. The fourth-order valence-electron chi connectivity index (χ4n) is 5.07. The maximum atomic E-state index is 14.0. The molecule has 1 saturated heterocycles. The van der Waals surface area contributed by atoms with Gasteiger partial charge in [-0.05, 0) is 42.8 Å². The monoisotopic (exact) mass is 593 g/mol. The van der Waals surface area contributed by atoms with Crippen LogP contribution >= 0.6 is 34.7 Å². The number of amides is 2. The molecule has 1 N–H and O–H groups in total. The Morgan fingerprint density at radius 1 is 1.02 bits per heavy atom. The van der Waals surface area contributed by atoms with E-state index in [2.05, 4.69) is 4.98 Å². The third kappa shape index (κ3) is 4.59. The number of aromatic amines is 1. The van der Waals surface area contributed by atoms with E-state index in [0.29, 0.717) is 31.9 Å². The molecular formula is C28H20ClN3O6S2. The Kier molecular flexibility index (Phi) is 6.73. The number of non-ortho nitro benzene ring substituents is 1. The van der Waals surface area contributed by atoms with E-state index < -0.39 is 33.8 Å². The molecule has 0 spiro atoms. The predicted molar refractivity (Wildman–Crippen MR) is 152 cm³/mol. The van der Waals surface area contributed by atoms with Crippen LogP contribution in [0.2, 0.25) is 5.02 Å². The van der Waals surface area contributed by atoms with Crippen LogP contribution in [0.25, 0.3) is 0 Å². The van der Waals surface area contributed by atoms with Crippen molar-refractivity contribution in [3.05, 3.63) is 113 Å². The lowest BCUT2D eigenvalue weighted by molar-refractivity contribution is -0.385. The Balaban J connectivity index is 1.47. The molecule has 202 valence electrons. The van der Waals surface area contributed by atoms with E-state index in [1.165, 1.54) is 18.2 Å². The molecule has 3 aromatic carbocycles. The summed E-state index contributed by atoms with van der Waals surface area (Å²) in [6, 6.07) is 18.3. The van der Waals surface area contributed by atoms with Crippen LogP contribution in [-0.2, 0) is 16.2 Å². The number of H-pyrrole nitrogens is 1. The number of ether oxygens (including phenoxy) is 1. The second-order valence-corrected chi connectivity index (χ2v) is 12.1. The summed E-state index contributed by atoms with van der Waals surface area (Å²) < 4.78 is 6.17. The standard InChI is InChI=1S/C28H20ClN3O6S2/c1-14-2-4-15(5-3-14)13-38-20-11-10-18(32(36)37)12-19(20)21-22-24(39-25-23(21)40-28(35)30-25)27(34)31(26(22)33)17-8-6-16(29)7-9-17/h2-12,21-22,24H,13H2,1H3,(H,30,35). The SMILES string of the molecule is Cc1ccc(COc2ccc([N+](=O)[O-])cc2C2c3sc(=O)[nH]c3SC3C(=O)N(c4ccc(Cl)cc4)C(=O)C32)cc1. The first kappa shape index (κ1) is 26.3. The summed E-state index contributed by atoms with van der Waals surface area (Å²) in [5.74, 6) is -2.31. The number of carbonyl (C=O) groups is 2. The molecule has 9 nitrogen and oxygen atoms in total. The number of rotatable bonds is 6. The van der Waals surface area contributed by atoms with Gasteiger partial charge in [0.2, 0.25) is 11.8 Å². The average molecular weight is 594 g/mol. The molecule has 2 aliphatic heterocycles. The number of nitrogens with one attached hydrogen (secondary N) is 1. The van der Waals surface area contributed by atoms with Crippen LogP contribution in [0.1, 0.15) is 27.5 Å². The third-order valence-electron chi connectivity index (χ3n) is 6.96. The summed E-state index contributed by atoms with van der Waals surface area (Å²) >= 11 is 8.08. The Labute approximate surface area is 240 Å². The number of nitrogens with zero attached hydrogens (tertiary/aromatic N) is 2. The second-order valence-electron chi connectivity index (χ2n) is 9.49. The molecule has 1 aromatic heterocycles. The Morgan fingerprint density at radius 3 is 2.45 bits per heavy atom. The van der Waals surface area contributed by atoms with Crippen LogP contribution in [0, 0.1) is 23.0 Å². The number of imide groups is 1. The minimum absolute atomic E-state index is 0.181. The maximum absolute atomic E-state index is 14.0. The maximum Gasteiger partial charge on any atom is 0.305 e. The molecule has 0 aliphatic carbocycles. The lowest BCUT2D eigenvalue weighted by atomic mass is 9.82. The lowest BCUT2D eigenvalue weighted by Crippen LogP contribution is -2.32. The van der Waals surface area contributed by atoms with Crippen molar-refractivity contribution in [2.45, 2.75) is 29.7 Å². The van der Waals surface area contributed by atoms with Gasteiger partial charge in [0.15, 0.2) is 0 Å². The van der Waals surface area contributed by atoms with Crippen LogP contribution in [0.5, 0.6) is 5.75 Å². The zero-order valence-corrected chi connectivity index (χ0v) is 23.2. The van der Waals surface area contributed by atoms with Crippen molar-refractivity contribution in [2.75, 3.05) is 4.90 Å². The van der Waals surface area contributed by atoms with Crippen LogP contribution in [0.15, 0.2) is 76.6 Å². The number of halogens is 1. The lowest BCUT2D eigenvalue weighted by Gasteiger charge is -2.30. The van der Waals surface area contributed by atoms with Crippen molar-refractivity contribution in [2.24, 2.45) is 5.92 Å². The third-order valence-corrected chi connectivity index (χ3v) is 9.62. The molecule has 2 aliphatic rings. The number of benzene rings is 3. The molecule has 12 heteroatoms.